The monoisotopic (exact) mass is 202 g/mol. The molecule has 0 aliphatic carbocycles. The van der Waals surface area contributed by atoms with Crippen LogP contribution in [0.25, 0.3) is 0 Å². The Kier molecular flexibility index (Phi) is 3.86. The maximum Gasteiger partial charge on any atom is 0.326 e. The highest BCUT2D eigenvalue weighted by atomic mass is 16.5. The molecule has 1 rings (SSSR count). The van der Waals surface area contributed by atoms with Gasteiger partial charge in [-0.2, -0.15) is 0 Å². The van der Waals surface area contributed by atoms with Gasteiger partial charge in [0.05, 0.1) is 20.3 Å². The van der Waals surface area contributed by atoms with E-state index in [0.717, 1.165) is 13.1 Å². The Morgan fingerprint density at radius 1 is 1.57 bits per heavy atom. The van der Waals surface area contributed by atoms with E-state index in [9.17, 15) is 4.79 Å². The smallest absolute Gasteiger partial charge is 0.326 e. The lowest BCUT2D eigenvalue weighted by Gasteiger charge is -2.32. The summed E-state index contributed by atoms with van der Waals surface area (Å²) in [5, 5.41) is 0. The second kappa shape index (κ2) is 4.72. The van der Waals surface area contributed by atoms with Crippen molar-refractivity contribution >= 4 is 5.97 Å². The number of morpholine rings is 1. The summed E-state index contributed by atoms with van der Waals surface area (Å²) < 4.78 is 9.84. The Morgan fingerprint density at radius 3 is 2.64 bits per heavy atom. The molecular formula is C9H18N2O3. The van der Waals surface area contributed by atoms with Crippen LogP contribution in [-0.2, 0) is 14.3 Å². The quantitative estimate of drug-likeness (QED) is 0.607. The number of nitrogens with two attached hydrogens (primary N) is 1. The van der Waals surface area contributed by atoms with Gasteiger partial charge in [0.15, 0.2) is 0 Å². The van der Waals surface area contributed by atoms with E-state index in [0.29, 0.717) is 19.8 Å². The molecule has 1 atom stereocenters. The van der Waals surface area contributed by atoms with Crippen molar-refractivity contribution in [2.45, 2.75) is 12.5 Å². The molecular weight excluding hydrogens is 184 g/mol. The first kappa shape index (κ1) is 11.4. The van der Waals surface area contributed by atoms with Crippen LogP contribution < -0.4 is 5.73 Å². The van der Waals surface area contributed by atoms with Gasteiger partial charge < -0.3 is 15.2 Å². The fourth-order valence-corrected chi connectivity index (χ4v) is 1.52. The maximum absolute atomic E-state index is 11.3. The number of carbonyl (C=O) groups excluding carboxylic acids is 1. The molecule has 0 radical (unpaired) electrons. The first-order valence-electron chi connectivity index (χ1n) is 4.73. The van der Waals surface area contributed by atoms with Crippen LogP contribution in [0.15, 0.2) is 0 Å². The van der Waals surface area contributed by atoms with E-state index in [2.05, 4.69) is 9.64 Å². The molecule has 1 heterocycles. The summed E-state index contributed by atoms with van der Waals surface area (Å²) in [7, 11) is 1.35. The first-order valence-corrected chi connectivity index (χ1v) is 4.73. The normalized spacial score (nSPS) is 22.8. The van der Waals surface area contributed by atoms with E-state index in [1.54, 1.807) is 6.92 Å². The van der Waals surface area contributed by atoms with Crippen LogP contribution in [0.4, 0.5) is 0 Å². The minimum absolute atomic E-state index is 0.371. The number of nitrogens with zero attached hydrogens (tertiary/aromatic N) is 1. The molecule has 0 aromatic heterocycles. The van der Waals surface area contributed by atoms with E-state index >= 15 is 0 Å². The van der Waals surface area contributed by atoms with Crippen LogP contribution in [0.3, 0.4) is 0 Å². The lowest BCUT2D eigenvalue weighted by Crippen LogP contribution is -2.56. The molecule has 1 saturated heterocycles. The van der Waals surface area contributed by atoms with Crippen molar-refractivity contribution in [2.75, 3.05) is 40.0 Å². The van der Waals surface area contributed by atoms with E-state index in [4.69, 9.17) is 10.5 Å². The molecule has 5 nitrogen and oxygen atoms in total. The summed E-state index contributed by atoms with van der Waals surface area (Å²) in [6, 6.07) is 0. The molecule has 1 unspecified atom stereocenters. The Morgan fingerprint density at radius 2 is 2.14 bits per heavy atom. The summed E-state index contributed by atoms with van der Waals surface area (Å²) in [6.07, 6.45) is 0. The topological polar surface area (TPSA) is 64.8 Å². The summed E-state index contributed by atoms with van der Waals surface area (Å²) >= 11 is 0. The van der Waals surface area contributed by atoms with Crippen molar-refractivity contribution in [3.05, 3.63) is 0 Å². The van der Waals surface area contributed by atoms with E-state index in [1.165, 1.54) is 7.11 Å². The maximum atomic E-state index is 11.3. The molecule has 14 heavy (non-hydrogen) atoms. The third kappa shape index (κ3) is 2.94. The minimum atomic E-state index is -0.925. The highest BCUT2D eigenvalue weighted by Gasteiger charge is 2.32. The van der Waals surface area contributed by atoms with Gasteiger partial charge in [-0.05, 0) is 6.92 Å². The predicted octanol–water partition coefficient (Wildman–Crippen LogP) is -0.791. The standard InChI is InChI=1S/C9H18N2O3/c1-9(10,8(12)13-2)7-11-3-5-14-6-4-11/h3-7,10H2,1-2H3. The number of rotatable bonds is 3. The summed E-state index contributed by atoms with van der Waals surface area (Å²) in [5.74, 6) is -0.371. The summed E-state index contributed by atoms with van der Waals surface area (Å²) in [4.78, 5) is 13.4. The van der Waals surface area contributed by atoms with Crippen molar-refractivity contribution < 1.29 is 14.3 Å². The number of esters is 1. The number of hydrogen-bond acceptors (Lipinski definition) is 5. The Bertz CT molecular complexity index is 200. The lowest BCUT2D eigenvalue weighted by atomic mass is 10.0. The van der Waals surface area contributed by atoms with Gasteiger partial charge in [0.1, 0.15) is 5.54 Å². The first-order chi connectivity index (χ1) is 6.56. The Labute approximate surface area is 84.1 Å². The minimum Gasteiger partial charge on any atom is -0.468 e. The van der Waals surface area contributed by atoms with E-state index < -0.39 is 5.54 Å². The number of ether oxygens (including phenoxy) is 2. The largest absolute Gasteiger partial charge is 0.468 e. The molecule has 2 N–H and O–H groups in total. The zero-order valence-electron chi connectivity index (χ0n) is 8.78. The SMILES string of the molecule is COC(=O)C(C)(N)CN1CCOCC1. The average Bonchev–Trinajstić information content (AvgIpc) is 2.17. The van der Waals surface area contributed by atoms with Gasteiger partial charge in [0, 0.05) is 19.6 Å². The second-order valence-electron chi connectivity index (χ2n) is 3.80. The van der Waals surface area contributed by atoms with Crippen LogP contribution in [0.5, 0.6) is 0 Å². The van der Waals surface area contributed by atoms with E-state index in [-0.39, 0.29) is 5.97 Å². The predicted molar refractivity (Wildman–Crippen MR) is 51.9 cm³/mol. The van der Waals surface area contributed by atoms with Crippen LogP contribution >= 0.6 is 0 Å². The number of hydrogen-bond donors (Lipinski definition) is 1. The third-order valence-corrected chi connectivity index (χ3v) is 2.31. The van der Waals surface area contributed by atoms with Gasteiger partial charge in [-0.15, -0.1) is 0 Å². The molecule has 0 aromatic rings. The van der Waals surface area contributed by atoms with Crippen molar-refractivity contribution in [1.82, 2.24) is 4.90 Å². The fourth-order valence-electron chi connectivity index (χ4n) is 1.52. The van der Waals surface area contributed by atoms with Gasteiger partial charge in [0.2, 0.25) is 0 Å². The average molecular weight is 202 g/mol. The van der Waals surface area contributed by atoms with Crippen LogP contribution in [-0.4, -0.2) is 56.4 Å². The second-order valence-corrected chi connectivity index (χ2v) is 3.80. The highest BCUT2D eigenvalue weighted by Crippen LogP contribution is 2.07. The molecule has 82 valence electrons. The molecule has 5 heteroatoms. The van der Waals surface area contributed by atoms with Gasteiger partial charge in [-0.1, -0.05) is 0 Å². The van der Waals surface area contributed by atoms with Crippen molar-refractivity contribution in [3.63, 3.8) is 0 Å². The molecule has 1 aliphatic heterocycles. The van der Waals surface area contributed by atoms with Crippen molar-refractivity contribution in [3.8, 4) is 0 Å². The van der Waals surface area contributed by atoms with Crippen molar-refractivity contribution in [1.29, 1.82) is 0 Å². The van der Waals surface area contributed by atoms with Crippen LogP contribution in [0.1, 0.15) is 6.92 Å². The molecule has 0 amide bonds. The number of carbonyl (C=O) groups is 1. The summed E-state index contributed by atoms with van der Waals surface area (Å²) in [5.41, 5.74) is 4.92. The molecule has 0 saturated carbocycles. The van der Waals surface area contributed by atoms with Crippen LogP contribution in [0, 0.1) is 0 Å². The highest BCUT2D eigenvalue weighted by molar-refractivity contribution is 5.80. The molecule has 1 fully saturated rings. The van der Waals surface area contributed by atoms with Crippen LogP contribution in [0.2, 0.25) is 0 Å². The fraction of sp³-hybridized carbons (Fsp3) is 0.889. The van der Waals surface area contributed by atoms with E-state index in [1.807, 2.05) is 0 Å². The van der Waals surface area contributed by atoms with Crippen molar-refractivity contribution in [2.24, 2.45) is 5.73 Å². The molecule has 0 spiro atoms. The van der Waals surface area contributed by atoms with Gasteiger partial charge in [0.25, 0.3) is 0 Å². The zero-order valence-corrected chi connectivity index (χ0v) is 8.78. The number of methoxy groups -OCH3 is 1. The summed E-state index contributed by atoms with van der Waals surface area (Å²) in [6.45, 7) is 5.26. The van der Waals surface area contributed by atoms with Gasteiger partial charge >= 0.3 is 5.97 Å². The van der Waals surface area contributed by atoms with Gasteiger partial charge in [-0.3, -0.25) is 9.69 Å². The zero-order chi connectivity index (χ0) is 10.6. The lowest BCUT2D eigenvalue weighted by molar-refractivity contribution is -0.147. The third-order valence-electron chi connectivity index (χ3n) is 2.31. The molecule has 0 bridgehead atoms. The Hall–Kier alpha value is -0.650. The van der Waals surface area contributed by atoms with Gasteiger partial charge in [-0.25, -0.2) is 0 Å². The Balaban J connectivity index is 2.44. The molecule has 1 aliphatic rings. The molecule has 0 aromatic carbocycles.